The first-order valence-corrected chi connectivity index (χ1v) is 4.77. The molecule has 0 aromatic heterocycles. The van der Waals surface area contributed by atoms with Crippen molar-refractivity contribution in [3.63, 3.8) is 0 Å². The molecular weight excluding hydrogens is 209 g/mol. The van der Waals surface area contributed by atoms with Gasteiger partial charge in [0, 0.05) is 19.7 Å². The number of rotatable bonds is 3. The van der Waals surface area contributed by atoms with Crippen LogP contribution in [0.5, 0.6) is 0 Å². The zero-order valence-corrected chi connectivity index (χ0v) is 8.17. The van der Waals surface area contributed by atoms with Crippen molar-refractivity contribution >= 4 is 0 Å². The molecule has 6 heteroatoms. The van der Waals surface area contributed by atoms with Crippen LogP contribution >= 0.6 is 0 Å². The predicted molar refractivity (Wildman–Crippen MR) is 46.8 cm³/mol. The number of halogens is 3. The fraction of sp³-hybridized carbons (Fsp3) is 0.889. The van der Waals surface area contributed by atoms with Crippen molar-refractivity contribution < 1.29 is 18.3 Å². The second-order valence-electron chi connectivity index (χ2n) is 3.82. The number of alkyl halides is 3. The predicted octanol–water partition coefficient (Wildman–Crippen LogP) is 1.00. The Kier molecular flexibility index (Phi) is 3.94. The first kappa shape index (κ1) is 12.3. The van der Waals surface area contributed by atoms with E-state index >= 15 is 0 Å². The minimum Gasteiger partial charge on any atom is -0.396 e. The van der Waals surface area contributed by atoms with Crippen LogP contribution in [0.15, 0.2) is 0 Å². The molecule has 0 aromatic rings. The molecule has 1 aliphatic heterocycles. The summed E-state index contributed by atoms with van der Waals surface area (Å²) in [4.78, 5) is 1.59. The summed E-state index contributed by atoms with van der Waals surface area (Å²) in [6.45, 7) is 0.695. The largest absolute Gasteiger partial charge is 0.405 e. The van der Waals surface area contributed by atoms with Gasteiger partial charge in [-0.3, -0.25) is 0 Å². The van der Waals surface area contributed by atoms with Crippen molar-refractivity contribution in [2.24, 2.45) is 11.8 Å². The number of hydrogen-bond donors (Lipinski definition) is 1. The topological polar surface area (TPSA) is 47.3 Å². The lowest BCUT2D eigenvalue weighted by Gasteiger charge is -2.20. The Hall–Kier alpha value is -0.800. The standard InChI is InChI=1S/C9H13F3N2O/c10-9(11,12)8(3-13)5-14-2-1-7(4-14)6-15/h7-8,15H,1-2,4-6H2. The summed E-state index contributed by atoms with van der Waals surface area (Å²) in [5.41, 5.74) is 0. The smallest absolute Gasteiger partial charge is 0.396 e. The molecule has 0 amide bonds. The third-order valence-corrected chi connectivity index (χ3v) is 2.62. The Labute approximate surface area is 86.1 Å². The monoisotopic (exact) mass is 222 g/mol. The highest BCUT2D eigenvalue weighted by Gasteiger charge is 2.41. The molecule has 1 fully saturated rings. The molecule has 1 heterocycles. The Bertz CT molecular complexity index is 249. The van der Waals surface area contributed by atoms with Crippen LogP contribution in [-0.2, 0) is 0 Å². The van der Waals surface area contributed by atoms with Crippen molar-refractivity contribution in [1.29, 1.82) is 5.26 Å². The summed E-state index contributed by atoms with van der Waals surface area (Å²) in [7, 11) is 0. The van der Waals surface area contributed by atoms with Gasteiger partial charge in [-0.2, -0.15) is 18.4 Å². The number of likely N-dealkylation sites (tertiary alicyclic amines) is 1. The van der Waals surface area contributed by atoms with E-state index < -0.39 is 12.1 Å². The first-order chi connectivity index (χ1) is 6.97. The minimum absolute atomic E-state index is 0.000260. The van der Waals surface area contributed by atoms with Crippen LogP contribution < -0.4 is 0 Å². The summed E-state index contributed by atoms with van der Waals surface area (Å²) in [5, 5.41) is 17.2. The molecule has 1 rings (SSSR count). The molecule has 0 spiro atoms. The molecule has 0 radical (unpaired) electrons. The van der Waals surface area contributed by atoms with Gasteiger partial charge in [-0.1, -0.05) is 0 Å². The average molecular weight is 222 g/mol. The molecule has 0 bridgehead atoms. The van der Waals surface area contributed by atoms with Crippen molar-refractivity contribution in [3.05, 3.63) is 0 Å². The van der Waals surface area contributed by atoms with Gasteiger partial charge in [-0.05, 0) is 18.9 Å². The van der Waals surface area contributed by atoms with Gasteiger partial charge in [0.1, 0.15) is 0 Å². The molecule has 1 aliphatic rings. The molecule has 0 aromatic carbocycles. The Morgan fingerprint density at radius 1 is 1.53 bits per heavy atom. The maximum Gasteiger partial charge on any atom is 0.405 e. The van der Waals surface area contributed by atoms with E-state index in [0.29, 0.717) is 19.5 Å². The van der Waals surface area contributed by atoms with E-state index in [1.807, 2.05) is 0 Å². The summed E-state index contributed by atoms with van der Waals surface area (Å²) in [6, 6.07) is 1.27. The molecule has 2 atom stereocenters. The van der Waals surface area contributed by atoms with Gasteiger partial charge in [-0.15, -0.1) is 0 Å². The van der Waals surface area contributed by atoms with Gasteiger partial charge in [0.15, 0.2) is 5.92 Å². The van der Waals surface area contributed by atoms with Crippen LogP contribution in [0.1, 0.15) is 6.42 Å². The van der Waals surface area contributed by atoms with Crippen molar-refractivity contribution in [2.75, 3.05) is 26.2 Å². The molecule has 86 valence electrons. The van der Waals surface area contributed by atoms with Crippen molar-refractivity contribution in [1.82, 2.24) is 4.90 Å². The van der Waals surface area contributed by atoms with E-state index in [9.17, 15) is 13.2 Å². The van der Waals surface area contributed by atoms with Gasteiger partial charge in [0.05, 0.1) is 6.07 Å². The maximum atomic E-state index is 12.3. The van der Waals surface area contributed by atoms with Crippen LogP contribution in [0.2, 0.25) is 0 Å². The first-order valence-electron chi connectivity index (χ1n) is 4.77. The minimum atomic E-state index is -4.45. The summed E-state index contributed by atoms with van der Waals surface area (Å²) in [5.74, 6) is -1.87. The van der Waals surface area contributed by atoms with Gasteiger partial charge < -0.3 is 10.0 Å². The average Bonchev–Trinajstić information content (AvgIpc) is 2.59. The second-order valence-corrected chi connectivity index (χ2v) is 3.82. The Morgan fingerprint density at radius 3 is 2.60 bits per heavy atom. The van der Waals surface area contributed by atoms with Gasteiger partial charge >= 0.3 is 6.18 Å². The molecule has 0 saturated carbocycles. The van der Waals surface area contributed by atoms with Crippen LogP contribution in [0.4, 0.5) is 13.2 Å². The van der Waals surface area contributed by atoms with Gasteiger partial charge in [0.2, 0.25) is 0 Å². The highest BCUT2D eigenvalue weighted by Crippen LogP contribution is 2.28. The zero-order chi connectivity index (χ0) is 11.5. The molecule has 3 nitrogen and oxygen atoms in total. The number of hydrogen-bond acceptors (Lipinski definition) is 3. The molecule has 1 saturated heterocycles. The second kappa shape index (κ2) is 4.81. The fourth-order valence-corrected chi connectivity index (χ4v) is 1.70. The van der Waals surface area contributed by atoms with Crippen LogP contribution in [0.3, 0.4) is 0 Å². The van der Waals surface area contributed by atoms with Crippen molar-refractivity contribution in [2.45, 2.75) is 12.6 Å². The SMILES string of the molecule is N#CC(CN1CCC(CO)C1)C(F)(F)F. The highest BCUT2D eigenvalue weighted by atomic mass is 19.4. The molecular formula is C9H13F3N2O. The van der Waals surface area contributed by atoms with Crippen LogP contribution in [0, 0.1) is 23.2 Å². The zero-order valence-electron chi connectivity index (χ0n) is 8.17. The third kappa shape index (κ3) is 3.36. The third-order valence-electron chi connectivity index (χ3n) is 2.62. The van der Waals surface area contributed by atoms with Crippen LogP contribution in [-0.4, -0.2) is 42.4 Å². The molecule has 15 heavy (non-hydrogen) atoms. The van der Waals surface area contributed by atoms with Gasteiger partial charge in [0.25, 0.3) is 0 Å². The van der Waals surface area contributed by atoms with E-state index in [1.54, 1.807) is 4.90 Å². The van der Waals surface area contributed by atoms with E-state index in [-0.39, 0.29) is 19.1 Å². The lowest BCUT2D eigenvalue weighted by molar-refractivity contribution is -0.162. The van der Waals surface area contributed by atoms with E-state index in [0.717, 1.165) is 0 Å². The number of nitriles is 1. The van der Waals surface area contributed by atoms with E-state index in [2.05, 4.69) is 0 Å². The number of nitrogens with zero attached hydrogens (tertiary/aromatic N) is 2. The quantitative estimate of drug-likeness (QED) is 0.775. The number of aliphatic hydroxyl groups excluding tert-OH is 1. The maximum absolute atomic E-state index is 12.3. The summed E-state index contributed by atoms with van der Waals surface area (Å²) in [6.07, 6.45) is -3.75. The summed E-state index contributed by atoms with van der Waals surface area (Å²) < 4.78 is 36.8. The lowest BCUT2D eigenvalue weighted by atomic mass is 10.1. The highest BCUT2D eigenvalue weighted by molar-refractivity contribution is 4.92. The van der Waals surface area contributed by atoms with E-state index in [1.165, 1.54) is 6.07 Å². The van der Waals surface area contributed by atoms with E-state index in [4.69, 9.17) is 10.4 Å². The lowest BCUT2D eigenvalue weighted by Crippen LogP contribution is -2.35. The molecule has 1 N–H and O–H groups in total. The number of aliphatic hydroxyl groups is 1. The Balaban J connectivity index is 2.45. The summed E-state index contributed by atoms with van der Waals surface area (Å²) >= 11 is 0. The normalized spacial score (nSPS) is 25.1. The fourth-order valence-electron chi connectivity index (χ4n) is 1.70. The van der Waals surface area contributed by atoms with Crippen molar-refractivity contribution in [3.8, 4) is 6.07 Å². The molecule has 2 unspecified atom stereocenters. The van der Waals surface area contributed by atoms with Crippen LogP contribution in [0.25, 0.3) is 0 Å². The Morgan fingerprint density at radius 2 is 2.20 bits per heavy atom. The van der Waals surface area contributed by atoms with Gasteiger partial charge in [-0.25, -0.2) is 0 Å². The molecule has 0 aliphatic carbocycles.